The number of amidine groups is 1. The Morgan fingerprint density at radius 2 is 2.04 bits per heavy atom. The minimum Gasteiger partial charge on any atom is -0.468 e. The number of benzene rings is 1. The van der Waals surface area contributed by atoms with Gasteiger partial charge in [-0.15, -0.1) is 0 Å². The van der Waals surface area contributed by atoms with E-state index in [0.29, 0.717) is 17.1 Å². The van der Waals surface area contributed by atoms with E-state index in [0.717, 1.165) is 32.5 Å². The second-order valence-corrected chi connectivity index (χ2v) is 6.18. The minimum atomic E-state index is -0.292. The summed E-state index contributed by atoms with van der Waals surface area (Å²) in [5.41, 5.74) is 0.466. The van der Waals surface area contributed by atoms with E-state index in [-0.39, 0.29) is 24.8 Å². The third-order valence-corrected chi connectivity index (χ3v) is 4.38. The SMILES string of the molecule is CCN(CC)CCC[C@H](C)N=C(NC(=O)c1ccc2c(c1)OCO2)OC. The fraction of sp³-hybridized carbons (Fsp3) is 0.579. The van der Waals surface area contributed by atoms with Crippen LogP contribution in [0, 0.1) is 0 Å². The Labute approximate surface area is 155 Å². The second kappa shape index (κ2) is 10.0. The molecule has 7 nitrogen and oxygen atoms in total. The van der Waals surface area contributed by atoms with Crippen LogP contribution in [0.5, 0.6) is 11.5 Å². The van der Waals surface area contributed by atoms with Gasteiger partial charge in [0.15, 0.2) is 11.5 Å². The van der Waals surface area contributed by atoms with Crippen molar-refractivity contribution in [3.63, 3.8) is 0 Å². The van der Waals surface area contributed by atoms with Crippen molar-refractivity contribution < 1.29 is 19.0 Å². The first-order valence-electron chi connectivity index (χ1n) is 9.12. The van der Waals surface area contributed by atoms with Crippen LogP contribution in [0.25, 0.3) is 0 Å². The highest BCUT2D eigenvalue weighted by Crippen LogP contribution is 2.32. The summed E-state index contributed by atoms with van der Waals surface area (Å²) in [6.07, 6.45) is 1.99. The van der Waals surface area contributed by atoms with Crippen LogP contribution in [0.4, 0.5) is 0 Å². The van der Waals surface area contributed by atoms with Crippen LogP contribution in [0.2, 0.25) is 0 Å². The molecular formula is C19H29N3O4. The number of fused-ring (bicyclic) bond motifs is 1. The topological polar surface area (TPSA) is 72.4 Å². The number of aliphatic imine (C=N–C) groups is 1. The van der Waals surface area contributed by atoms with Crippen LogP contribution in [0.1, 0.15) is 44.0 Å². The molecule has 144 valence electrons. The van der Waals surface area contributed by atoms with Crippen molar-refractivity contribution >= 4 is 11.9 Å². The lowest BCUT2D eigenvalue weighted by atomic mass is 10.2. The van der Waals surface area contributed by atoms with Gasteiger partial charge in [0.2, 0.25) is 6.79 Å². The molecule has 0 saturated carbocycles. The molecule has 0 unspecified atom stereocenters. The number of amides is 1. The third-order valence-electron chi connectivity index (χ3n) is 4.38. The first-order valence-corrected chi connectivity index (χ1v) is 9.12. The van der Waals surface area contributed by atoms with Gasteiger partial charge in [-0.2, -0.15) is 0 Å². The zero-order chi connectivity index (χ0) is 18.9. The summed E-state index contributed by atoms with van der Waals surface area (Å²) >= 11 is 0. The molecule has 1 N–H and O–H groups in total. The number of carbonyl (C=O) groups excluding carboxylic acids is 1. The first kappa shape index (κ1) is 20.0. The summed E-state index contributed by atoms with van der Waals surface area (Å²) in [6.45, 7) is 9.70. The highest BCUT2D eigenvalue weighted by Gasteiger charge is 2.17. The molecule has 0 saturated heterocycles. The van der Waals surface area contributed by atoms with Gasteiger partial charge in [0.05, 0.1) is 13.2 Å². The van der Waals surface area contributed by atoms with E-state index in [9.17, 15) is 4.79 Å². The molecule has 7 heteroatoms. The van der Waals surface area contributed by atoms with Gasteiger partial charge >= 0.3 is 0 Å². The van der Waals surface area contributed by atoms with Gasteiger partial charge in [-0.05, 0) is 57.6 Å². The number of hydrogen-bond acceptors (Lipinski definition) is 6. The van der Waals surface area contributed by atoms with Gasteiger partial charge in [-0.1, -0.05) is 13.8 Å². The van der Waals surface area contributed by atoms with E-state index in [4.69, 9.17) is 14.2 Å². The number of ether oxygens (including phenoxy) is 3. The Kier molecular flexibility index (Phi) is 7.72. The monoisotopic (exact) mass is 363 g/mol. The van der Waals surface area contributed by atoms with Gasteiger partial charge in [0.1, 0.15) is 0 Å². The molecule has 26 heavy (non-hydrogen) atoms. The van der Waals surface area contributed by atoms with Gasteiger partial charge in [-0.25, -0.2) is 4.99 Å². The largest absolute Gasteiger partial charge is 0.468 e. The number of carbonyl (C=O) groups is 1. The Balaban J connectivity index is 1.88. The fourth-order valence-electron chi connectivity index (χ4n) is 2.76. The van der Waals surface area contributed by atoms with Gasteiger partial charge in [0, 0.05) is 5.56 Å². The average Bonchev–Trinajstić information content (AvgIpc) is 3.12. The molecule has 1 aliphatic heterocycles. The van der Waals surface area contributed by atoms with Crippen LogP contribution < -0.4 is 14.8 Å². The zero-order valence-electron chi connectivity index (χ0n) is 16.1. The highest BCUT2D eigenvalue weighted by molar-refractivity contribution is 6.04. The number of methoxy groups -OCH3 is 1. The van der Waals surface area contributed by atoms with E-state index < -0.39 is 0 Å². The molecule has 0 radical (unpaired) electrons. The van der Waals surface area contributed by atoms with Crippen LogP contribution in [-0.4, -0.2) is 56.4 Å². The second-order valence-electron chi connectivity index (χ2n) is 6.18. The Hall–Kier alpha value is -2.28. The predicted octanol–water partition coefficient (Wildman–Crippen LogP) is 2.66. The van der Waals surface area contributed by atoms with Crippen LogP contribution in [0.15, 0.2) is 23.2 Å². The van der Waals surface area contributed by atoms with Gasteiger partial charge < -0.3 is 19.1 Å². The third kappa shape index (κ3) is 5.62. The first-order chi connectivity index (χ1) is 12.6. The van der Waals surface area contributed by atoms with Crippen molar-refractivity contribution in [3.8, 4) is 11.5 Å². The minimum absolute atomic E-state index is 0.0672. The maximum absolute atomic E-state index is 12.4. The molecule has 0 aromatic heterocycles. The lowest BCUT2D eigenvalue weighted by Gasteiger charge is -2.18. The molecule has 1 aromatic carbocycles. The predicted molar refractivity (Wildman–Crippen MR) is 101 cm³/mol. The molecule has 0 aliphatic carbocycles. The molecule has 0 spiro atoms. The van der Waals surface area contributed by atoms with E-state index in [1.165, 1.54) is 7.11 Å². The lowest BCUT2D eigenvalue weighted by molar-refractivity contribution is 0.0967. The summed E-state index contributed by atoms with van der Waals surface area (Å²) < 4.78 is 15.8. The molecule has 1 aromatic rings. The number of nitrogens with one attached hydrogen (secondary N) is 1. The van der Waals surface area contributed by atoms with E-state index in [2.05, 4.69) is 29.1 Å². The van der Waals surface area contributed by atoms with Crippen molar-refractivity contribution in [1.29, 1.82) is 0 Å². The Morgan fingerprint density at radius 1 is 1.31 bits per heavy atom. The summed E-state index contributed by atoms with van der Waals surface area (Å²) in [5, 5.41) is 2.71. The number of nitrogens with zero attached hydrogens (tertiary/aromatic N) is 2. The highest BCUT2D eigenvalue weighted by atomic mass is 16.7. The normalized spacial score (nSPS) is 14.4. The molecule has 0 bridgehead atoms. The quantitative estimate of drug-likeness (QED) is 0.568. The smallest absolute Gasteiger partial charge is 0.291 e. The standard InChI is InChI=1S/C19H29N3O4/c1-5-22(6-2)11-7-8-14(3)20-19(24-4)21-18(23)15-9-10-16-17(12-15)26-13-25-16/h9-10,12,14H,5-8,11,13H2,1-4H3,(H,20,21,23)/t14-/m0/s1. The van der Waals surface area contributed by atoms with Crippen molar-refractivity contribution in [2.75, 3.05) is 33.5 Å². The number of rotatable bonds is 8. The maximum Gasteiger partial charge on any atom is 0.291 e. The summed E-state index contributed by atoms with van der Waals surface area (Å²) in [7, 11) is 1.50. The van der Waals surface area contributed by atoms with Crippen LogP contribution >= 0.6 is 0 Å². The van der Waals surface area contributed by atoms with Crippen molar-refractivity contribution in [2.24, 2.45) is 4.99 Å². The van der Waals surface area contributed by atoms with E-state index in [1.807, 2.05) is 6.92 Å². The van der Waals surface area contributed by atoms with Crippen molar-refractivity contribution in [2.45, 2.75) is 39.7 Å². The zero-order valence-corrected chi connectivity index (χ0v) is 16.1. The van der Waals surface area contributed by atoms with Gasteiger partial charge in [0.25, 0.3) is 11.9 Å². The summed E-state index contributed by atoms with van der Waals surface area (Å²) in [4.78, 5) is 19.3. The average molecular weight is 363 g/mol. The van der Waals surface area contributed by atoms with Crippen LogP contribution in [-0.2, 0) is 4.74 Å². The molecule has 1 atom stereocenters. The molecule has 2 rings (SSSR count). The molecule has 1 amide bonds. The molecular weight excluding hydrogens is 334 g/mol. The Bertz CT molecular complexity index is 629. The Morgan fingerprint density at radius 3 is 2.73 bits per heavy atom. The van der Waals surface area contributed by atoms with Crippen molar-refractivity contribution in [1.82, 2.24) is 10.2 Å². The molecule has 0 fully saturated rings. The number of hydrogen-bond donors (Lipinski definition) is 1. The fourth-order valence-corrected chi connectivity index (χ4v) is 2.76. The maximum atomic E-state index is 12.4. The van der Waals surface area contributed by atoms with E-state index in [1.54, 1.807) is 18.2 Å². The van der Waals surface area contributed by atoms with Gasteiger partial charge in [-0.3, -0.25) is 10.1 Å². The van der Waals surface area contributed by atoms with E-state index >= 15 is 0 Å². The van der Waals surface area contributed by atoms with Crippen LogP contribution in [0.3, 0.4) is 0 Å². The molecule has 1 heterocycles. The molecule has 1 aliphatic rings. The summed E-state index contributed by atoms with van der Waals surface area (Å²) in [6, 6.07) is 5.35. The summed E-state index contributed by atoms with van der Waals surface area (Å²) in [5.74, 6) is 0.918. The van der Waals surface area contributed by atoms with Crippen molar-refractivity contribution in [3.05, 3.63) is 23.8 Å². The lowest BCUT2D eigenvalue weighted by Crippen LogP contribution is -2.32.